The minimum Gasteiger partial charge on any atom is -0.455 e. The van der Waals surface area contributed by atoms with Gasteiger partial charge in [-0.25, -0.2) is 0 Å². The van der Waals surface area contributed by atoms with E-state index in [9.17, 15) is 0 Å². The molecule has 0 unspecified atom stereocenters. The summed E-state index contributed by atoms with van der Waals surface area (Å²) in [6.45, 7) is 0. The molecule has 7 aromatic carbocycles. The molecular formula is C40H25NO2. The molecule has 0 N–H and O–H groups in total. The van der Waals surface area contributed by atoms with Crippen molar-refractivity contribution >= 4 is 71.7 Å². The third-order valence-electron chi connectivity index (χ3n) is 8.46. The maximum atomic E-state index is 6.77. The molecule has 0 fully saturated rings. The van der Waals surface area contributed by atoms with Crippen LogP contribution in [0.3, 0.4) is 0 Å². The quantitative estimate of drug-likeness (QED) is 0.218. The number of fused-ring (bicyclic) bond motifs is 8. The molecule has 202 valence electrons. The molecule has 0 atom stereocenters. The van der Waals surface area contributed by atoms with Gasteiger partial charge >= 0.3 is 0 Å². The zero-order chi connectivity index (χ0) is 28.3. The smallest absolute Gasteiger partial charge is 0.159 e. The first-order valence-electron chi connectivity index (χ1n) is 14.5. The summed E-state index contributed by atoms with van der Waals surface area (Å²) >= 11 is 0. The van der Waals surface area contributed by atoms with Crippen molar-refractivity contribution in [3.63, 3.8) is 0 Å². The highest BCUT2D eigenvalue weighted by Gasteiger charge is 2.23. The molecular weight excluding hydrogens is 526 g/mol. The molecule has 0 radical (unpaired) electrons. The summed E-state index contributed by atoms with van der Waals surface area (Å²) in [5.41, 5.74) is 8.74. The van der Waals surface area contributed by atoms with Gasteiger partial charge in [-0.05, 0) is 41.8 Å². The predicted octanol–water partition coefficient (Wildman–Crippen LogP) is 11.8. The van der Waals surface area contributed by atoms with Crippen LogP contribution < -0.4 is 4.90 Å². The number of nitrogens with zero attached hydrogens (tertiary/aromatic N) is 1. The second-order valence-corrected chi connectivity index (χ2v) is 10.9. The van der Waals surface area contributed by atoms with Gasteiger partial charge in [0.15, 0.2) is 5.58 Å². The average molecular weight is 552 g/mol. The van der Waals surface area contributed by atoms with E-state index in [1.54, 1.807) is 0 Å². The Morgan fingerprint density at radius 3 is 1.88 bits per heavy atom. The normalized spacial score (nSPS) is 11.7. The Hall–Kier alpha value is -5.80. The third-order valence-corrected chi connectivity index (χ3v) is 8.46. The maximum absolute atomic E-state index is 6.77. The first-order valence-corrected chi connectivity index (χ1v) is 14.5. The van der Waals surface area contributed by atoms with Gasteiger partial charge in [0.05, 0.1) is 11.4 Å². The highest BCUT2D eigenvalue weighted by Crippen LogP contribution is 2.47. The fourth-order valence-corrected chi connectivity index (χ4v) is 6.53. The lowest BCUT2D eigenvalue weighted by atomic mass is 9.98. The summed E-state index contributed by atoms with van der Waals surface area (Å²) in [6.07, 6.45) is 0. The van der Waals surface area contributed by atoms with Gasteiger partial charge in [-0.3, -0.25) is 0 Å². The highest BCUT2D eigenvalue weighted by atomic mass is 16.3. The zero-order valence-corrected chi connectivity index (χ0v) is 23.2. The molecule has 0 aliphatic rings. The van der Waals surface area contributed by atoms with E-state index >= 15 is 0 Å². The van der Waals surface area contributed by atoms with Crippen LogP contribution in [-0.2, 0) is 0 Å². The zero-order valence-electron chi connectivity index (χ0n) is 23.2. The van der Waals surface area contributed by atoms with Gasteiger partial charge in [0.25, 0.3) is 0 Å². The number of hydrogen-bond acceptors (Lipinski definition) is 3. The van der Waals surface area contributed by atoms with Crippen molar-refractivity contribution in [2.45, 2.75) is 0 Å². The summed E-state index contributed by atoms with van der Waals surface area (Å²) in [5, 5.41) is 6.74. The van der Waals surface area contributed by atoms with E-state index < -0.39 is 0 Å². The van der Waals surface area contributed by atoms with Crippen LogP contribution in [0.2, 0.25) is 0 Å². The summed E-state index contributed by atoms with van der Waals surface area (Å²) < 4.78 is 13.3. The van der Waals surface area contributed by atoms with Crippen molar-refractivity contribution in [2.75, 3.05) is 4.90 Å². The van der Waals surface area contributed by atoms with E-state index in [1.807, 2.05) is 12.1 Å². The van der Waals surface area contributed by atoms with Crippen LogP contribution in [0.4, 0.5) is 17.1 Å². The lowest BCUT2D eigenvalue weighted by molar-refractivity contribution is 0.669. The van der Waals surface area contributed by atoms with Gasteiger partial charge in [0.1, 0.15) is 16.7 Å². The molecule has 0 bridgehead atoms. The Kier molecular flexibility index (Phi) is 5.20. The second-order valence-electron chi connectivity index (χ2n) is 10.9. The van der Waals surface area contributed by atoms with Gasteiger partial charge in [-0.2, -0.15) is 0 Å². The molecule has 43 heavy (non-hydrogen) atoms. The number of para-hydroxylation sites is 5. The van der Waals surface area contributed by atoms with Gasteiger partial charge in [0, 0.05) is 43.7 Å². The van der Waals surface area contributed by atoms with Gasteiger partial charge in [-0.15, -0.1) is 0 Å². The van der Waals surface area contributed by atoms with E-state index in [0.717, 1.165) is 77.5 Å². The van der Waals surface area contributed by atoms with Crippen LogP contribution in [-0.4, -0.2) is 0 Å². The van der Waals surface area contributed by atoms with Crippen molar-refractivity contribution in [1.29, 1.82) is 0 Å². The lowest BCUT2D eigenvalue weighted by Gasteiger charge is -2.27. The largest absolute Gasteiger partial charge is 0.455 e. The Morgan fingerprint density at radius 1 is 0.349 bits per heavy atom. The molecule has 0 aliphatic carbocycles. The van der Waals surface area contributed by atoms with Crippen molar-refractivity contribution in [2.24, 2.45) is 0 Å². The molecule has 0 saturated carbocycles. The fourth-order valence-electron chi connectivity index (χ4n) is 6.53. The standard InChI is InChI=1S/C40H25NO2/c1-2-13-27(14-3-1)41(36-22-11-20-32-30-17-7-9-23-37(30)42-40(32)36)35-21-8-6-16-29(35)31-18-10-19-33-34-25-24-26-12-4-5-15-28(26)38(34)43-39(31)33/h1-25H. The van der Waals surface area contributed by atoms with E-state index in [1.165, 1.54) is 5.39 Å². The Morgan fingerprint density at radius 2 is 0.977 bits per heavy atom. The fraction of sp³-hybridized carbons (Fsp3) is 0. The SMILES string of the molecule is c1ccc(N(c2ccccc2-c2cccc3c2oc2c4ccccc4ccc32)c2cccc3c2oc2ccccc23)cc1. The van der Waals surface area contributed by atoms with E-state index in [-0.39, 0.29) is 0 Å². The lowest BCUT2D eigenvalue weighted by Crippen LogP contribution is -2.11. The summed E-state index contributed by atoms with van der Waals surface area (Å²) in [7, 11) is 0. The predicted molar refractivity (Wildman–Crippen MR) is 179 cm³/mol. The molecule has 0 aliphatic heterocycles. The second kappa shape index (κ2) is 9.37. The summed E-state index contributed by atoms with van der Waals surface area (Å²) in [6, 6.07) is 52.9. The molecule has 9 rings (SSSR count). The molecule has 3 nitrogen and oxygen atoms in total. The molecule has 2 aromatic heterocycles. The highest BCUT2D eigenvalue weighted by molar-refractivity contribution is 6.18. The molecule has 2 heterocycles. The number of rotatable bonds is 4. The Bertz CT molecular complexity index is 2470. The van der Waals surface area contributed by atoms with Gasteiger partial charge < -0.3 is 13.7 Å². The van der Waals surface area contributed by atoms with E-state index in [0.29, 0.717) is 0 Å². The minimum absolute atomic E-state index is 0.857. The number of furan rings is 2. The number of hydrogen-bond donors (Lipinski definition) is 0. The maximum Gasteiger partial charge on any atom is 0.159 e. The van der Waals surface area contributed by atoms with Crippen LogP contribution in [0.15, 0.2) is 160 Å². The van der Waals surface area contributed by atoms with Crippen molar-refractivity contribution in [3.8, 4) is 11.1 Å². The first kappa shape index (κ1) is 23.9. The summed E-state index contributed by atoms with van der Waals surface area (Å²) in [5.74, 6) is 0. The van der Waals surface area contributed by atoms with Crippen LogP contribution in [0.5, 0.6) is 0 Å². The molecule has 0 saturated heterocycles. The molecule has 0 spiro atoms. The first-order chi connectivity index (χ1) is 21.3. The molecule has 0 amide bonds. The minimum atomic E-state index is 0.857. The van der Waals surface area contributed by atoms with Gasteiger partial charge in [-0.1, -0.05) is 115 Å². The van der Waals surface area contributed by atoms with Gasteiger partial charge in [0.2, 0.25) is 0 Å². The van der Waals surface area contributed by atoms with Crippen molar-refractivity contribution in [1.82, 2.24) is 0 Å². The summed E-state index contributed by atoms with van der Waals surface area (Å²) in [4.78, 5) is 2.30. The number of benzene rings is 7. The van der Waals surface area contributed by atoms with E-state index in [4.69, 9.17) is 8.83 Å². The molecule has 3 heteroatoms. The van der Waals surface area contributed by atoms with Crippen LogP contribution in [0.25, 0.3) is 65.8 Å². The number of anilines is 3. The Balaban J connectivity index is 1.33. The van der Waals surface area contributed by atoms with Crippen molar-refractivity contribution < 1.29 is 8.83 Å². The van der Waals surface area contributed by atoms with E-state index in [2.05, 4.69) is 144 Å². The monoisotopic (exact) mass is 551 g/mol. The van der Waals surface area contributed by atoms with Crippen molar-refractivity contribution in [3.05, 3.63) is 152 Å². The van der Waals surface area contributed by atoms with Crippen LogP contribution in [0.1, 0.15) is 0 Å². The average Bonchev–Trinajstić information content (AvgIpc) is 3.65. The van der Waals surface area contributed by atoms with Crippen LogP contribution >= 0.6 is 0 Å². The Labute approximate surface area is 247 Å². The van der Waals surface area contributed by atoms with Crippen LogP contribution in [0, 0.1) is 0 Å². The molecule has 9 aromatic rings. The third kappa shape index (κ3) is 3.62. The topological polar surface area (TPSA) is 29.5 Å².